The predicted molar refractivity (Wildman–Crippen MR) is 91.3 cm³/mol. The Morgan fingerprint density at radius 1 is 1.29 bits per heavy atom. The van der Waals surface area contributed by atoms with Crippen LogP contribution < -0.4 is 0 Å². The molecule has 2 atom stereocenters. The highest BCUT2D eigenvalue weighted by molar-refractivity contribution is 7.91. The van der Waals surface area contributed by atoms with E-state index in [1.54, 1.807) is 6.07 Å². The number of hydrogen-bond donors (Lipinski definition) is 0. The highest BCUT2D eigenvalue weighted by Crippen LogP contribution is 2.38. The van der Waals surface area contributed by atoms with Gasteiger partial charge >= 0.3 is 0 Å². The highest BCUT2D eigenvalue weighted by atomic mass is 35.5. The molecule has 1 aromatic rings. The van der Waals surface area contributed by atoms with Crippen LogP contribution in [0.2, 0.25) is 5.02 Å². The predicted octanol–water partition coefficient (Wildman–Crippen LogP) is 2.98. The first kappa shape index (κ1) is 17.7. The summed E-state index contributed by atoms with van der Waals surface area (Å²) in [5.74, 6) is -0.444. The lowest BCUT2D eigenvalue weighted by atomic mass is 10.0. The fourth-order valence-electron chi connectivity index (χ4n) is 3.96. The standard InChI is InChI=1S/C17H21ClFNO3S/c1-24(22,23)14-9-12-4-5-13(10-14)20(12)17(21)7-3-11-2-6-15(18)16(19)8-11/h2,6,8,12-14H,3-5,7,9-10H2,1H3. The number of amides is 1. The Bertz CT molecular complexity index is 738. The van der Waals surface area contributed by atoms with Crippen molar-refractivity contribution in [2.75, 3.05) is 6.26 Å². The molecule has 2 bridgehead atoms. The molecule has 4 nitrogen and oxygen atoms in total. The number of piperidine rings is 1. The van der Waals surface area contributed by atoms with Crippen LogP contribution in [-0.4, -0.2) is 42.8 Å². The van der Waals surface area contributed by atoms with Crippen LogP contribution in [0.25, 0.3) is 0 Å². The number of sulfone groups is 1. The van der Waals surface area contributed by atoms with Gasteiger partial charge in [0.15, 0.2) is 0 Å². The number of benzene rings is 1. The molecule has 1 amide bonds. The molecule has 0 aromatic heterocycles. The number of nitrogens with zero attached hydrogens (tertiary/aromatic N) is 1. The summed E-state index contributed by atoms with van der Waals surface area (Å²) in [6.45, 7) is 0. The van der Waals surface area contributed by atoms with Gasteiger partial charge in [0.05, 0.1) is 10.3 Å². The van der Waals surface area contributed by atoms with E-state index in [1.165, 1.54) is 18.4 Å². The van der Waals surface area contributed by atoms with Gasteiger partial charge in [0.25, 0.3) is 0 Å². The minimum atomic E-state index is -3.06. The van der Waals surface area contributed by atoms with Crippen molar-refractivity contribution in [1.82, 2.24) is 4.90 Å². The van der Waals surface area contributed by atoms with E-state index in [9.17, 15) is 17.6 Å². The SMILES string of the molecule is CS(=O)(=O)C1CC2CCC(C1)N2C(=O)CCc1ccc(Cl)c(F)c1. The van der Waals surface area contributed by atoms with Gasteiger partial charge in [0, 0.05) is 24.8 Å². The summed E-state index contributed by atoms with van der Waals surface area (Å²) < 4.78 is 37.1. The molecule has 3 rings (SSSR count). The number of hydrogen-bond acceptors (Lipinski definition) is 3. The van der Waals surface area contributed by atoms with Crippen LogP contribution in [0, 0.1) is 5.82 Å². The Balaban J connectivity index is 1.63. The molecule has 2 aliphatic rings. The Morgan fingerprint density at radius 2 is 1.92 bits per heavy atom. The van der Waals surface area contributed by atoms with E-state index in [1.807, 2.05) is 4.90 Å². The second-order valence-corrected chi connectivity index (χ2v) is 9.59. The van der Waals surface area contributed by atoms with Crippen LogP contribution in [0.4, 0.5) is 4.39 Å². The third-order valence-electron chi connectivity index (χ3n) is 5.19. The van der Waals surface area contributed by atoms with Crippen molar-refractivity contribution in [3.05, 3.63) is 34.6 Å². The van der Waals surface area contributed by atoms with Gasteiger partial charge in [-0.15, -0.1) is 0 Å². The van der Waals surface area contributed by atoms with Crippen LogP contribution in [0.5, 0.6) is 0 Å². The molecule has 132 valence electrons. The average molecular weight is 374 g/mol. The van der Waals surface area contributed by atoms with Gasteiger partial charge in [-0.3, -0.25) is 4.79 Å². The van der Waals surface area contributed by atoms with E-state index in [4.69, 9.17) is 11.6 Å². The molecule has 0 aliphatic carbocycles. The minimum absolute atomic E-state index is 0.0259. The molecule has 2 saturated heterocycles. The van der Waals surface area contributed by atoms with E-state index < -0.39 is 15.7 Å². The normalized spacial score (nSPS) is 26.6. The van der Waals surface area contributed by atoms with Crippen molar-refractivity contribution in [2.24, 2.45) is 0 Å². The van der Waals surface area contributed by atoms with Crippen molar-refractivity contribution >= 4 is 27.3 Å². The van der Waals surface area contributed by atoms with Gasteiger partial charge in [-0.05, 0) is 49.8 Å². The number of fused-ring (bicyclic) bond motifs is 2. The van der Waals surface area contributed by atoms with Crippen LogP contribution >= 0.6 is 11.6 Å². The molecule has 7 heteroatoms. The van der Waals surface area contributed by atoms with E-state index >= 15 is 0 Å². The van der Waals surface area contributed by atoms with Crippen molar-refractivity contribution in [2.45, 2.75) is 55.9 Å². The number of carbonyl (C=O) groups excluding carboxylic acids is 1. The number of aryl methyl sites for hydroxylation is 1. The van der Waals surface area contributed by atoms with Gasteiger partial charge in [-0.2, -0.15) is 0 Å². The summed E-state index contributed by atoms with van der Waals surface area (Å²) in [7, 11) is -3.06. The summed E-state index contributed by atoms with van der Waals surface area (Å²) in [6.07, 6.45) is 4.86. The second-order valence-electron chi connectivity index (χ2n) is 6.86. The van der Waals surface area contributed by atoms with Crippen molar-refractivity contribution < 1.29 is 17.6 Å². The summed E-state index contributed by atoms with van der Waals surface area (Å²) in [5, 5.41) is -0.254. The third kappa shape index (κ3) is 3.59. The Hall–Kier alpha value is -1.14. The second kappa shape index (κ2) is 6.64. The quantitative estimate of drug-likeness (QED) is 0.815. The topological polar surface area (TPSA) is 54.5 Å². The lowest BCUT2D eigenvalue weighted by molar-refractivity contribution is -0.135. The molecule has 0 saturated carbocycles. The van der Waals surface area contributed by atoms with Gasteiger partial charge in [0.1, 0.15) is 15.7 Å². The van der Waals surface area contributed by atoms with Gasteiger partial charge in [-0.25, -0.2) is 12.8 Å². The number of carbonyl (C=O) groups is 1. The molecular formula is C17H21ClFNO3S. The van der Waals surface area contributed by atoms with Gasteiger partial charge in [-0.1, -0.05) is 17.7 Å². The number of rotatable bonds is 4. The lowest BCUT2D eigenvalue weighted by Gasteiger charge is -2.38. The maximum Gasteiger partial charge on any atom is 0.223 e. The molecule has 0 N–H and O–H groups in total. The number of halogens is 2. The molecular weight excluding hydrogens is 353 g/mol. The van der Waals surface area contributed by atoms with Crippen molar-refractivity contribution in [3.8, 4) is 0 Å². The maximum absolute atomic E-state index is 13.5. The fourth-order valence-corrected chi connectivity index (χ4v) is 5.22. The summed E-state index contributed by atoms with van der Waals surface area (Å²) in [4.78, 5) is 14.5. The van der Waals surface area contributed by atoms with Crippen LogP contribution in [0.1, 0.15) is 37.7 Å². The minimum Gasteiger partial charge on any atom is -0.337 e. The first-order valence-electron chi connectivity index (χ1n) is 8.19. The first-order valence-corrected chi connectivity index (χ1v) is 10.5. The Kier molecular flexibility index (Phi) is 4.89. The lowest BCUT2D eigenvalue weighted by Crippen LogP contribution is -2.49. The van der Waals surface area contributed by atoms with E-state index in [0.717, 1.165) is 18.4 Å². The zero-order valence-electron chi connectivity index (χ0n) is 13.5. The van der Waals surface area contributed by atoms with Crippen molar-refractivity contribution in [3.63, 3.8) is 0 Å². The maximum atomic E-state index is 13.5. The van der Waals surface area contributed by atoms with Crippen LogP contribution in [0.3, 0.4) is 0 Å². The smallest absolute Gasteiger partial charge is 0.223 e. The molecule has 2 heterocycles. The Morgan fingerprint density at radius 3 is 2.46 bits per heavy atom. The first-order chi connectivity index (χ1) is 11.3. The summed E-state index contributed by atoms with van der Waals surface area (Å²) in [6, 6.07) is 4.64. The third-order valence-corrected chi connectivity index (χ3v) is 7.10. The van der Waals surface area contributed by atoms with E-state index in [0.29, 0.717) is 25.7 Å². The zero-order valence-corrected chi connectivity index (χ0v) is 15.1. The largest absolute Gasteiger partial charge is 0.337 e. The average Bonchev–Trinajstić information content (AvgIpc) is 2.77. The molecule has 24 heavy (non-hydrogen) atoms. The molecule has 0 radical (unpaired) electrons. The molecule has 1 aromatic carbocycles. The fraction of sp³-hybridized carbons (Fsp3) is 0.588. The molecule has 0 spiro atoms. The van der Waals surface area contributed by atoms with E-state index in [2.05, 4.69) is 0 Å². The van der Waals surface area contributed by atoms with E-state index in [-0.39, 0.29) is 28.3 Å². The molecule has 2 fully saturated rings. The van der Waals surface area contributed by atoms with Crippen LogP contribution in [-0.2, 0) is 21.1 Å². The van der Waals surface area contributed by atoms with Gasteiger partial charge < -0.3 is 4.90 Å². The van der Waals surface area contributed by atoms with Crippen LogP contribution in [0.15, 0.2) is 18.2 Å². The summed E-state index contributed by atoms with van der Waals surface area (Å²) in [5.41, 5.74) is 0.739. The highest BCUT2D eigenvalue weighted by Gasteiger charge is 2.45. The van der Waals surface area contributed by atoms with Gasteiger partial charge in [0.2, 0.25) is 5.91 Å². The molecule has 2 unspecified atom stereocenters. The monoisotopic (exact) mass is 373 g/mol. The van der Waals surface area contributed by atoms with Crippen molar-refractivity contribution in [1.29, 1.82) is 0 Å². The summed E-state index contributed by atoms with van der Waals surface area (Å²) >= 11 is 5.66. The zero-order chi connectivity index (χ0) is 17.5. The Labute approximate surface area is 146 Å². The molecule has 2 aliphatic heterocycles.